The summed E-state index contributed by atoms with van der Waals surface area (Å²) in [6.07, 6.45) is 4.88. The Labute approximate surface area is 124 Å². The van der Waals surface area contributed by atoms with Crippen molar-refractivity contribution < 1.29 is 9.53 Å². The summed E-state index contributed by atoms with van der Waals surface area (Å²) in [5, 5.41) is 0. The average Bonchev–Trinajstić information content (AvgIpc) is 2.36. The molecule has 1 unspecified atom stereocenters. The van der Waals surface area contributed by atoms with Crippen LogP contribution in [0.1, 0.15) is 26.3 Å². The van der Waals surface area contributed by atoms with Gasteiger partial charge in [-0.1, -0.05) is 6.08 Å². The molecular weight excluding hydrogens is 268 g/mol. The Kier molecular flexibility index (Phi) is 4.18. The molecule has 1 aliphatic rings. The van der Waals surface area contributed by atoms with E-state index in [0.29, 0.717) is 18.8 Å². The lowest BCUT2D eigenvalue weighted by molar-refractivity contribution is 0.0265. The highest BCUT2D eigenvalue weighted by molar-refractivity contribution is 5.80. The van der Waals surface area contributed by atoms with E-state index in [1.165, 1.54) is 0 Å². The molecule has 1 aromatic heterocycles. The van der Waals surface area contributed by atoms with Crippen molar-refractivity contribution in [2.45, 2.75) is 32.4 Å². The molecule has 0 saturated heterocycles. The molecule has 1 aromatic rings. The van der Waals surface area contributed by atoms with Gasteiger partial charge in [-0.25, -0.2) is 4.79 Å². The highest BCUT2D eigenvalue weighted by Crippen LogP contribution is 2.25. The summed E-state index contributed by atoms with van der Waals surface area (Å²) in [5.74, 6) is 0. The van der Waals surface area contributed by atoms with Crippen LogP contribution in [0.15, 0.2) is 24.5 Å². The van der Waals surface area contributed by atoms with E-state index in [9.17, 15) is 4.79 Å². The van der Waals surface area contributed by atoms with Crippen molar-refractivity contribution in [1.29, 1.82) is 0 Å². The lowest BCUT2D eigenvalue weighted by Crippen LogP contribution is -2.46. The Morgan fingerprint density at radius 1 is 1.48 bits per heavy atom. The summed E-state index contributed by atoms with van der Waals surface area (Å²) in [5.41, 5.74) is 13.8. The lowest BCUT2D eigenvalue weighted by Gasteiger charge is -2.32. The van der Waals surface area contributed by atoms with Gasteiger partial charge < -0.3 is 21.1 Å². The van der Waals surface area contributed by atoms with Gasteiger partial charge >= 0.3 is 6.09 Å². The number of hydrogen-bond donors (Lipinski definition) is 2. The average molecular weight is 290 g/mol. The van der Waals surface area contributed by atoms with E-state index < -0.39 is 5.60 Å². The number of carbonyl (C=O) groups excluding carboxylic acids is 1. The summed E-state index contributed by atoms with van der Waals surface area (Å²) < 4.78 is 5.40. The van der Waals surface area contributed by atoms with E-state index in [-0.39, 0.29) is 12.1 Å². The molecular formula is C15H22N4O2. The van der Waals surface area contributed by atoms with Gasteiger partial charge in [-0.15, -0.1) is 0 Å². The predicted octanol–water partition coefficient (Wildman–Crippen LogP) is 1.63. The van der Waals surface area contributed by atoms with E-state index in [0.717, 1.165) is 11.1 Å². The predicted molar refractivity (Wildman–Crippen MR) is 82.4 cm³/mol. The summed E-state index contributed by atoms with van der Waals surface area (Å²) in [6.45, 7) is 6.36. The number of ether oxygens (including phenoxy) is 1. The Hall–Kier alpha value is -2.08. The van der Waals surface area contributed by atoms with E-state index in [1.54, 1.807) is 23.4 Å². The van der Waals surface area contributed by atoms with Crippen molar-refractivity contribution in [2.24, 2.45) is 5.73 Å². The van der Waals surface area contributed by atoms with Crippen LogP contribution in [0.3, 0.4) is 0 Å². The monoisotopic (exact) mass is 290 g/mol. The third kappa shape index (κ3) is 3.95. The fourth-order valence-electron chi connectivity index (χ4n) is 2.20. The van der Waals surface area contributed by atoms with Gasteiger partial charge in [-0.05, 0) is 32.4 Å². The molecule has 0 fully saturated rings. The largest absolute Gasteiger partial charge is 0.444 e. The van der Waals surface area contributed by atoms with Gasteiger partial charge in [0, 0.05) is 42.8 Å². The van der Waals surface area contributed by atoms with Gasteiger partial charge in [0.2, 0.25) is 0 Å². The molecule has 6 heteroatoms. The molecule has 1 amide bonds. The molecule has 0 spiro atoms. The first-order chi connectivity index (χ1) is 9.76. The van der Waals surface area contributed by atoms with Gasteiger partial charge in [0.25, 0.3) is 0 Å². The van der Waals surface area contributed by atoms with Gasteiger partial charge in [0.15, 0.2) is 0 Å². The zero-order valence-electron chi connectivity index (χ0n) is 12.7. The lowest BCUT2D eigenvalue weighted by atomic mass is 9.99. The van der Waals surface area contributed by atoms with Crippen LogP contribution < -0.4 is 11.5 Å². The first-order valence-electron chi connectivity index (χ1n) is 6.90. The standard InChI is InChI=1S/C15H22N4O2/c1-15(2,3)21-14(20)19-8-10(6-11(16)9-19)12-7-18-5-4-13(12)17/h4-7,11H,8-9,16H2,1-3H3,(H2,17,18). The number of anilines is 1. The van der Waals surface area contributed by atoms with Crippen molar-refractivity contribution in [2.75, 3.05) is 18.8 Å². The van der Waals surface area contributed by atoms with Crippen LogP contribution >= 0.6 is 0 Å². The minimum absolute atomic E-state index is 0.249. The maximum absolute atomic E-state index is 12.2. The minimum Gasteiger partial charge on any atom is -0.444 e. The Morgan fingerprint density at radius 2 is 2.19 bits per heavy atom. The molecule has 1 aliphatic heterocycles. The van der Waals surface area contributed by atoms with Crippen LogP contribution in [0, 0.1) is 0 Å². The van der Waals surface area contributed by atoms with E-state index in [2.05, 4.69) is 4.98 Å². The summed E-state index contributed by atoms with van der Waals surface area (Å²) >= 11 is 0. The molecule has 0 aliphatic carbocycles. The molecule has 4 N–H and O–H groups in total. The maximum atomic E-state index is 12.2. The van der Waals surface area contributed by atoms with Crippen LogP contribution in [-0.4, -0.2) is 40.7 Å². The first-order valence-corrected chi connectivity index (χ1v) is 6.90. The number of rotatable bonds is 1. The topological polar surface area (TPSA) is 94.5 Å². The van der Waals surface area contributed by atoms with Gasteiger partial charge in [0.05, 0.1) is 0 Å². The number of hydrogen-bond acceptors (Lipinski definition) is 5. The normalized spacial score (nSPS) is 19.1. The van der Waals surface area contributed by atoms with Crippen LogP contribution in [0.2, 0.25) is 0 Å². The van der Waals surface area contributed by atoms with E-state index in [4.69, 9.17) is 16.2 Å². The van der Waals surface area contributed by atoms with Crippen LogP contribution in [0.5, 0.6) is 0 Å². The van der Waals surface area contributed by atoms with Gasteiger partial charge in [0.1, 0.15) is 5.60 Å². The molecule has 0 bridgehead atoms. The number of nitrogen functional groups attached to an aromatic ring is 1. The zero-order valence-corrected chi connectivity index (χ0v) is 12.7. The fourth-order valence-corrected chi connectivity index (χ4v) is 2.20. The van der Waals surface area contributed by atoms with Crippen LogP contribution in [0.4, 0.5) is 10.5 Å². The minimum atomic E-state index is -0.532. The number of pyridine rings is 1. The molecule has 21 heavy (non-hydrogen) atoms. The first kappa shape index (κ1) is 15.3. The number of nitrogens with zero attached hydrogens (tertiary/aromatic N) is 2. The third-order valence-electron chi connectivity index (χ3n) is 3.06. The molecule has 114 valence electrons. The van der Waals surface area contributed by atoms with Crippen molar-refractivity contribution in [1.82, 2.24) is 9.88 Å². The van der Waals surface area contributed by atoms with Crippen molar-refractivity contribution in [3.05, 3.63) is 30.1 Å². The van der Waals surface area contributed by atoms with Gasteiger partial charge in [-0.3, -0.25) is 4.98 Å². The zero-order chi connectivity index (χ0) is 15.6. The molecule has 1 atom stereocenters. The van der Waals surface area contributed by atoms with Gasteiger partial charge in [-0.2, -0.15) is 0 Å². The number of aromatic nitrogens is 1. The van der Waals surface area contributed by atoms with Crippen molar-refractivity contribution >= 4 is 17.4 Å². The maximum Gasteiger partial charge on any atom is 0.410 e. The quantitative estimate of drug-likeness (QED) is 0.819. The molecule has 2 heterocycles. The second-order valence-corrected chi connectivity index (χ2v) is 6.18. The molecule has 0 saturated carbocycles. The molecule has 0 radical (unpaired) electrons. The van der Waals surface area contributed by atoms with Crippen molar-refractivity contribution in [3.8, 4) is 0 Å². The van der Waals surface area contributed by atoms with Crippen molar-refractivity contribution in [3.63, 3.8) is 0 Å². The second-order valence-electron chi connectivity index (χ2n) is 6.18. The van der Waals surface area contributed by atoms with Crippen LogP contribution in [-0.2, 0) is 4.74 Å². The Morgan fingerprint density at radius 3 is 2.81 bits per heavy atom. The third-order valence-corrected chi connectivity index (χ3v) is 3.06. The van der Waals surface area contributed by atoms with E-state index >= 15 is 0 Å². The highest BCUT2D eigenvalue weighted by Gasteiger charge is 2.27. The number of carbonyl (C=O) groups is 1. The second kappa shape index (κ2) is 5.73. The number of nitrogens with two attached hydrogens (primary N) is 2. The summed E-state index contributed by atoms with van der Waals surface area (Å²) in [7, 11) is 0. The molecule has 0 aromatic carbocycles. The fraction of sp³-hybridized carbons (Fsp3) is 0.467. The SMILES string of the molecule is CC(C)(C)OC(=O)N1CC(c2cnccc2N)=CC(N)C1. The Balaban J connectivity index is 2.19. The molecule has 6 nitrogen and oxygen atoms in total. The smallest absolute Gasteiger partial charge is 0.410 e. The molecule has 2 rings (SSSR count). The highest BCUT2D eigenvalue weighted by atomic mass is 16.6. The van der Waals surface area contributed by atoms with Crippen LogP contribution in [0.25, 0.3) is 5.57 Å². The van der Waals surface area contributed by atoms with E-state index in [1.807, 2.05) is 26.8 Å². The summed E-state index contributed by atoms with van der Waals surface area (Å²) in [6, 6.07) is 1.48. The Bertz CT molecular complexity index is 563. The number of amides is 1. The summed E-state index contributed by atoms with van der Waals surface area (Å²) in [4.78, 5) is 17.9.